The third-order valence-corrected chi connectivity index (χ3v) is 4.90. The summed E-state index contributed by atoms with van der Waals surface area (Å²) in [5.41, 5.74) is 2.50. The van der Waals surface area contributed by atoms with Crippen LogP contribution in [0.4, 0.5) is 0 Å². The fourth-order valence-corrected chi connectivity index (χ4v) is 3.33. The van der Waals surface area contributed by atoms with Crippen molar-refractivity contribution in [3.8, 4) is 0 Å². The van der Waals surface area contributed by atoms with Crippen molar-refractivity contribution < 1.29 is 4.74 Å². The number of hydrogen-bond acceptors (Lipinski definition) is 3. The normalized spacial score (nSPS) is 19.4. The van der Waals surface area contributed by atoms with Crippen LogP contribution in [0.25, 0.3) is 0 Å². The Labute approximate surface area is 155 Å². The van der Waals surface area contributed by atoms with E-state index in [0.717, 1.165) is 37.6 Å². The van der Waals surface area contributed by atoms with Crippen LogP contribution in [0.1, 0.15) is 36.5 Å². The van der Waals surface area contributed by atoms with Gasteiger partial charge in [-0.3, -0.25) is 9.67 Å². The van der Waals surface area contributed by atoms with Gasteiger partial charge in [-0.15, -0.1) is 0 Å². The zero-order valence-electron chi connectivity index (χ0n) is 15.9. The van der Waals surface area contributed by atoms with Gasteiger partial charge in [0.1, 0.15) is 6.10 Å². The molecule has 2 unspecified atom stereocenters. The Morgan fingerprint density at radius 1 is 1.38 bits per heavy atom. The molecule has 1 aliphatic heterocycles. The second kappa shape index (κ2) is 8.85. The van der Waals surface area contributed by atoms with Gasteiger partial charge in [0, 0.05) is 38.9 Å². The van der Waals surface area contributed by atoms with Crippen LogP contribution < -0.4 is 5.32 Å². The Hall–Kier alpha value is -2.34. The van der Waals surface area contributed by atoms with E-state index in [-0.39, 0.29) is 6.10 Å². The summed E-state index contributed by atoms with van der Waals surface area (Å²) in [6.07, 6.45) is 5.01. The van der Waals surface area contributed by atoms with Gasteiger partial charge in [-0.05, 0) is 17.9 Å². The Balaban J connectivity index is 1.52. The van der Waals surface area contributed by atoms with Crippen molar-refractivity contribution in [2.24, 2.45) is 12.0 Å². The minimum Gasteiger partial charge on any atom is -0.370 e. The third-order valence-electron chi connectivity index (χ3n) is 4.90. The van der Waals surface area contributed by atoms with Gasteiger partial charge in [-0.25, -0.2) is 0 Å². The largest absolute Gasteiger partial charge is 0.370 e. The monoisotopic (exact) mass is 355 g/mol. The molecule has 1 aromatic heterocycles. The van der Waals surface area contributed by atoms with Crippen LogP contribution in [0.15, 0.2) is 47.7 Å². The minimum absolute atomic E-state index is 0.0410. The van der Waals surface area contributed by atoms with E-state index < -0.39 is 0 Å². The molecule has 0 amide bonds. The molecule has 1 aromatic carbocycles. The lowest BCUT2D eigenvalue weighted by atomic mass is 9.98. The molecule has 0 spiro atoms. The molecule has 1 aliphatic rings. The average molecular weight is 355 g/mol. The summed E-state index contributed by atoms with van der Waals surface area (Å²) in [7, 11) is 3.77. The molecule has 2 atom stereocenters. The van der Waals surface area contributed by atoms with Gasteiger partial charge >= 0.3 is 0 Å². The fraction of sp³-hybridized carbons (Fsp3) is 0.500. The number of nitrogens with one attached hydrogen (secondary N) is 1. The molecule has 140 valence electrons. The van der Waals surface area contributed by atoms with Gasteiger partial charge in [0.15, 0.2) is 5.96 Å². The average Bonchev–Trinajstić information content (AvgIpc) is 3.12. The molecule has 0 saturated carbocycles. The maximum atomic E-state index is 5.92. The summed E-state index contributed by atoms with van der Waals surface area (Å²) in [6, 6.07) is 10.7. The first-order valence-electron chi connectivity index (χ1n) is 9.28. The van der Waals surface area contributed by atoms with Crippen molar-refractivity contribution in [2.45, 2.75) is 25.4 Å². The minimum atomic E-state index is 0.0410. The first-order valence-corrected chi connectivity index (χ1v) is 9.28. The van der Waals surface area contributed by atoms with E-state index in [0.29, 0.717) is 12.5 Å². The fourth-order valence-electron chi connectivity index (χ4n) is 3.33. The van der Waals surface area contributed by atoms with Crippen molar-refractivity contribution in [1.82, 2.24) is 20.0 Å². The van der Waals surface area contributed by atoms with Crippen molar-refractivity contribution in [2.75, 3.05) is 33.3 Å². The summed E-state index contributed by atoms with van der Waals surface area (Å²) in [4.78, 5) is 6.74. The Morgan fingerprint density at radius 3 is 2.88 bits per heavy atom. The quantitative estimate of drug-likeness (QED) is 0.662. The lowest BCUT2D eigenvalue weighted by molar-refractivity contribution is -0.00802. The van der Waals surface area contributed by atoms with Gasteiger partial charge < -0.3 is 15.0 Å². The van der Waals surface area contributed by atoms with Gasteiger partial charge in [0.05, 0.1) is 19.3 Å². The molecular weight excluding hydrogens is 326 g/mol. The zero-order chi connectivity index (χ0) is 18.4. The molecule has 3 rings (SSSR count). The van der Waals surface area contributed by atoms with E-state index in [1.807, 2.05) is 31.2 Å². The number of guanidine groups is 1. The van der Waals surface area contributed by atoms with Crippen LogP contribution in [0, 0.1) is 0 Å². The number of rotatable bonds is 5. The number of morpholine rings is 1. The van der Waals surface area contributed by atoms with Crippen LogP contribution in [-0.4, -0.2) is 53.9 Å². The van der Waals surface area contributed by atoms with Crippen molar-refractivity contribution in [1.29, 1.82) is 0 Å². The first kappa shape index (κ1) is 18.5. The van der Waals surface area contributed by atoms with E-state index >= 15 is 0 Å². The molecule has 6 nitrogen and oxygen atoms in total. The summed E-state index contributed by atoms with van der Waals surface area (Å²) >= 11 is 0. The maximum Gasteiger partial charge on any atom is 0.193 e. The number of aryl methyl sites for hydroxylation is 1. The number of benzene rings is 1. The molecule has 0 aliphatic carbocycles. The highest BCUT2D eigenvalue weighted by Gasteiger charge is 2.25. The topological polar surface area (TPSA) is 54.7 Å². The second-order valence-corrected chi connectivity index (χ2v) is 6.83. The Bertz CT molecular complexity index is 712. The molecular formula is C20H29N5O. The molecule has 6 heteroatoms. The van der Waals surface area contributed by atoms with Crippen LogP contribution in [0.5, 0.6) is 0 Å². The number of aromatic nitrogens is 2. The highest BCUT2D eigenvalue weighted by atomic mass is 16.5. The van der Waals surface area contributed by atoms with Crippen LogP contribution in [0.2, 0.25) is 0 Å². The molecule has 1 N–H and O–H groups in total. The molecule has 0 bridgehead atoms. The predicted molar refractivity (Wildman–Crippen MR) is 104 cm³/mol. The maximum absolute atomic E-state index is 5.92. The molecule has 26 heavy (non-hydrogen) atoms. The van der Waals surface area contributed by atoms with E-state index in [1.165, 1.54) is 5.56 Å². The summed E-state index contributed by atoms with van der Waals surface area (Å²) in [5, 5.41) is 7.77. The number of aliphatic imine (C=N–C) groups is 1. The van der Waals surface area contributed by atoms with Crippen molar-refractivity contribution in [3.63, 3.8) is 0 Å². The smallest absolute Gasteiger partial charge is 0.193 e. The first-order chi connectivity index (χ1) is 12.7. The third kappa shape index (κ3) is 4.64. The van der Waals surface area contributed by atoms with Gasteiger partial charge in [-0.2, -0.15) is 5.10 Å². The number of hydrogen-bond donors (Lipinski definition) is 1. The number of nitrogens with zero attached hydrogens (tertiary/aromatic N) is 4. The highest BCUT2D eigenvalue weighted by Crippen LogP contribution is 2.22. The number of ether oxygens (including phenoxy) is 1. The van der Waals surface area contributed by atoms with Gasteiger partial charge in [-0.1, -0.05) is 37.3 Å². The standard InChI is InChI=1S/C20H29N5O/c1-16(17-7-5-4-6-8-17)9-10-22-20(21-2)25-11-12-26-19(15-25)18-13-23-24(3)14-18/h4-8,13-14,16,19H,9-12,15H2,1-3H3,(H,21,22). The van der Waals surface area contributed by atoms with E-state index in [9.17, 15) is 0 Å². The molecule has 2 aromatic rings. The molecule has 0 radical (unpaired) electrons. The van der Waals surface area contributed by atoms with Crippen LogP contribution in [-0.2, 0) is 11.8 Å². The SMILES string of the molecule is CN=C(NCCC(C)c1ccccc1)N1CCOC(c2cnn(C)c2)C1. The van der Waals surface area contributed by atoms with E-state index in [1.54, 1.807) is 0 Å². The lowest BCUT2D eigenvalue weighted by Crippen LogP contribution is -2.48. The molecule has 2 heterocycles. The highest BCUT2D eigenvalue weighted by molar-refractivity contribution is 5.80. The van der Waals surface area contributed by atoms with Crippen molar-refractivity contribution >= 4 is 5.96 Å². The molecule has 1 saturated heterocycles. The lowest BCUT2D eigenvalue weighted by Gasteiger charge is -2.34. The summed E-state index contributed by atoms with van der Waals surface area (Å²) < 4.78 is 7.74. The predicted octanol–water partition coefficient (Wildman–Crippen LogP) is 2.56. The molecule has 1 fully saturated rings. The summed E-state index contributed by atoms with van der Waals surface area (Å²) in [6.45, 7) is 5.51. The summed E-state index contributed by atoms with van der Waals surface area (Å²) in [5.74, 6) is 1.47. The van der Waals surface area contributed by atoms with E-state index in [2.05, 4.69) is 57.6 Å². The second-order valence-electron chi connectivity index (χ2n) is 6.83. The van der Waals surface area contributed by atoms with Crippen LogP contribution in [0.3, 0.4) is 0 Å². The van der Waals surface area contributed by atoms with Crippen LogP contribution >= 0.6 is 0 Å². The van der Waals surface area contributed by atoms with Gasteiger partial charge in [0.2, 0.25) is 0 Å². The Morgan fingerprint density at radius 2 is 2.19 bits per heavy atom. The zero-order valence-corrected chi connectivity index (χ0v) is 15.9. The Kier molecular flexibility index (Phi) is 6.28. The van der Waals surface area contributed by atoms with E-state index in [4.69, 9.17) is 4.74 Å². The van der Waals surface area contributed by atoms with Crippen molar-refractivity contribution in [3.05, 3.63) is 53.9 Å². The van der Waals surface area contributed by atoms with Gasteiger partial charge in [0.25, 0.3) is 0 Å².